The molecule has 0 radical (unpaired) electrons. The van der Waals surface area contributed by atoms with Crippen LogP contribution in [0.1, 0.15) is 19.7 Å². The number of hydrogen-bond donors (Lipinski definition) is 1. The lowest BCUT2D eigenvalue weighted by Crippen LogP contribution is -2.19. The lowest BCUT2D eigenvalue weighted by Gasteiger charge is -2.06. The van der Waals surface area contributed by atoms with Gasteiger partial charge in [0.05, 0.1) is 11.0 Å². The van der Waals surface area contributed by atoms with Crippen LogP contribution in [0.15, 0.2) is 24.5 Å². The van der Waals surface area contributed by atoms with Crippen molar-refractivity contribution in [2.75, 3.05) is 5.32 Å². The second-order valence-electron chi connectivity index (χ2n) is 4.88. The molecule has 3 aromatic rings. The molecule has 0 aliphatic carbocycles. The number of fused-ring (bicyclic) bond motifs is 1. The highest BCUT2D eigenvalue weighted by Gasteiger charge is 2.10. The number of nitrogens with one attached hydrogen (secondary N) is 1. The first-order valence-electron chi connectivity index (χ1n) is 7.21. The van der Waals surface area contributed by atoms with Crippen LogP contribution in [0.25, 0.3) is 11.0 Å². The van der Waals surface area contributed by atoms with Gasteiger partial charge >= 0.3 is 0 Å². The molecule has 0 aliphatic rings. The Morgan fingerprint density at radius 1 is 1.32 bits per heavy atom. The molecule has 0 spiro atoms. The molecule has 2 heterocycles. The maximum absolute atomic E-state index is 11.9. The molecule has 2 aromatic heterocycles. The van der Waals surface area contributed by atoms with Crippen molar-refractivity contribution in [1.29, 1.82) is 0 Å². The highest BCUT2D eigenvalue weighted by Crippen LogP contribution is 2.21. The van der Waals surface area contributed by atoms with E-state index in [4.69, 9.17) is 0 Å². The van der Waals surface area contributed by atoms with Gasteiger partial charge < -0.3 is 9.88 Å². The van der Waals surface area contributed by atoms with Crippen LogP contribution < -0.4 is 5.32 Å². The number of amides is 1. The summed E-state index contributed by atoms with van der Waals surface area (Å²) in [5.74, 6) is 0.868. The minimum atomic E-state index is -0.183. The zero-order valence-electron chi connectivity index (χ0n) is 12.5. The first-order valence-corrected chi connectivity index (χ1v) is 7.21. The summed E-state index contributed by atoms with van der Waals surface area (Å²) in [5, 5.41) is 13.5. The number of hydrogen-bond acceptors (Lipinski definition) is 5. The summed E-state index contributed by atoms with van der Waals surface area (Å²) in [4.78, 5) is 16.6. The second-order valence-corrected chi connectivity index (χ2v) is 4.88. The minimum absolute atomic E-state index is 0.0780. The molecule has 0 aliphatic heterocycles. The molecule has 0 fully saturated rings. The zero-order valence-corrected chi connectivity index (χ0v) is 12.5. The lowest BCUT2D eigenvalue weighted by molar-refractivity contribution is -0.116. The molecule has 0 atom stereocenters. The van der Waals surface area contributed by atoms with Gasteiger partial charge in [0.2, 0.25) is 5.91 Å². The molecule has 8 heteroatoms. The van der Waals surface area contributed by atoms with Crippen molar-refractivity contribution in [3.8, 4) is 0 Å². The fourth-order valence-corrected chi connectivity index (χ4v) is 2.48. The Bertz CT molecular complexity index is 791. The van der Waals surface area contributed by atoms with Gasteiger partial charge in [0, 0.05) is 18.7 Å². The summed E-state index contributed by atoms with van der Waals surface area (Å²) in [7, 11) is 0. The van der Waals surface area contributed by atoms with Crippen molar-refractivity contribution in [2.45, 2.75) is 33.4 Å². The van der Waals surface area contributed by atoms with Gasteiger partial charge in [-0.3, -0.25) is 4.79 Å². The Morgan fingerprint density at radius 2 is 2.18 bits per heavy atom. The Balaban J connectivity index is 1.81. The van der Waals surface area contributed by atoms with E-state index < -0.39 is 0 Å². The van der Waals surface area contributed by atoms with Gasteiger partial charge in [0.1, 0.15) is 18.7 Å². The molecular formula is C14H17N7O. The van der Waals surface area contributed by atoms with Crippen molar-refractivity contribution in [1.82, 2.24) is 29.8 Å². The molecule has 0 saturated heterocycles. The molecule has 22 heavy (non-hydrogen) atoms. The number of carbonyl (C=O) groups excluding carboxylic acids is 1. The van der Waals surface area contributed by atoms with Gasteiger partial charge in [-0.05, 0) is 35.5 Å². The van der Waals surface area contributed by atoms with E-state index in [1.54, 1.807) is 0 Å². The Kier molecular flexibility index (Phi) is 3.82. The Labute approximate surface area is 127 Å². The van der Waals surface area contributed by atoms with Gasteiger partial charge in [-0.15, -0.1) is 5.10 Å². The van der Waals surface area contributed by atoms with Crippen molar-refractivity contribution < 1.29 is 4.79 Å². The molecule has 0 saturated carbocycles. The topological polar surface area (TPSA) is 90.5 Å². The van der Waals surface area contributed by atoms with Gasteiger partial charge in [0.25, 0.3) is 0 Å². The molecule has 114 valence electrons. The molecular weight excluding hydrogens is 282 g/mol. The molecule has 8 nitrogen and oxygen atoms in total. The van der Waals surface area contributed by atoms with Crippen LogP contribution >= 0.6 is 0 Å². The maximum atomic E-state index is 11.9. The lowest BCUT2D eigenvalue weighted by atomic mass is 10.2. The predicted molar refractivity (Wildman–Crippen MR) is 81.2 cm³/mol. The number of imidazole rings is 1. The van der Waals surface area contributed by atoms with Gasteiger partial charge in [-0.25, -0.2) is 9.67 Å². The molecule has 1 N–H and O–H groups in total. The van der Waals surface area contributed by atoms with Crippen LogP contribution in [0, 0.1) is 0 Å². The predicted octanol–water partition coefficient (Wildman–Crippen LogP) is 1.24. The zero-order chi connectivity index (χ0) is 15.5. The van der Waals surface area contributed by atoms with E-state index in [1.807, 2.05) is 18.2 Å². The third-order valence-electron chi connectivity index (χ3n) is 3.44. The summed E-state index contributed by atoms with van der Waals surface area (Å²) in [6, 6.07) is 5.75. The molecule has 3 rings (SSSR count). The van der Waals surface area contributed by atoms with Crippen LogP contribution in [0.4, 0.5) is 5.69 Å². The largest absolute Gasteiger partial charge is 0.328 e. The third kappa shape index (κ3) is 2.67. The van der Waals surface area contributed by atoms with Crippen LogP contribution in [-0.2, 0) is 24.3 Å². The van der Waals surface area contributed by atoms with E-state index >= 15 is 0 Å². The number of aryl methyl sites for hydroxylation is 2. The number of carbonyl (C=O) groups is 1. The maximum Gasteiger partial charge on any atom is 0.246 e. The smallest absolute Gasteiger partial charge is 0.246 e. The first kappa shape index (κ1) is 14.2. The van der Waals surface area contributed by atoms with Crippen molar-refractivity contribution in [3.05, 3.63) is 30.4 Å². The van der Waals surface area contributed by atoms with Crippen molar-refractivity contribution >= 4 is 22.6 Å². The van der Waals surface area contributed by atoms with E-state index in [-0.39, 0.29) is 12.5 Å². The van der Waals surface area contributed by atoms with Crippen LogP contribution in [-0.4, -0.2) is 35.7 Å². The van der Waals surface area contributed by atoms with Crippen LogP contribution in [0.2, 0.25) is 0 Å². The summed E-state index contributed by atoms with van der Waals surface area (Å²) in [6.07, 6.45) is 2.28. The van der Waals surface area contributed by atoms with E-state index in [0.717, 1.165) is 29.8 Å². The fraction of sp³-hybridized carbons (Fsp3) is 0.357. The fourth-order valence-electron chi connectivity index (χ4n) is 2.48. The number of tetrazole rings is 1. The van der Waals surface area contributed by atoms with Gasteiger partial charge in [0.15, 0.2) is 0 Å². The summed E-state index contributed by atoms with van der Waals surface area (Å²) >= 11 is 0. The monoisotopic (exact) mass is 299 g/mol. The Morgan fingerprint density at radius 3 is 2.86 bits per heavy atom. The van der Waals surface area contributed by atoms with Crippen molar-refractivity contribution in [2.24, 2.45) is 0 Å². The number of nitrogens with zero attached hydrogens (tertiary/aromatic N) is 6. The third-order valence-corrected chi connectivity index (χ3v) is 3.44. The van der Waals surface area contributed by atoms with Crippen LogP contribution in [0.5, 0.6) is 0 Å². The number of benzene rings is 1. The van der Waals surface area contributed by atoms with E-state index in [1.165, 1.54) is 11.0 Å². The Hall–Kier alpha value is -2.77. The molecule has 0 bridgehead atoms. The first-order chi connectivity index (χ1) is 10.7. The quantitative estimate of drug-likeness (QED) is 0.765. The highest BCUT2D eigenvalue weighted by atomic mass is 16.2. The SMILES string of the molecule is CCc1nc2cc(NC(=O)Cn3cnnn3)ccc2n1CC. The molecule has 1 aromatic carbocycles. The molecule has 0 unspecified atom stereocenters. The number of aromatic nitrogens is 6. The molecule has 1 amide bonds. The summed E-state index contributed by atoms with van der Waals surface area (Å²) in [6.45, 7) is 5.14. The van der Waals surface area contributed by atoms with Gasteiger partial charge in [-0.2, -0.15) is 0 Å². The van der Waals surface area contributed by atoms with E-state index in [0.29, 0.717) is 5.69 Å². The number of rotatable bonds is 5. The van der Waals surface area contributed by atoms with Crippen molar-refractivity contribution in [3.63, 3.8) is 0 Å². The van der Waals surface area contributed by atoms with Crippen LogP contribution in [0.3, 0.4) is 0 Å². The highest BCUT2D eigenvalue weighted by molar-refractivity contribution is 5.93. The summed E-state index contributed by atoms with van der Waals surface area (Å²) in [5.41, 5.74) is 2.69. The number of anilines is 1. The minimum Gasteiger partial charge on any atom is -0.328 e. The average Bonchev–Trinajstić information content (AvgIpc) is 3.13. The second kappa shape index (κ2) is 5.92. The average molecular weight is 299 g/mol. The van der Waals surface area contributed by atoms with E-state index in [9.17, 15) is 4.79 Å². The van der Waals surface area contributed by atoms with Gasteiger partial charge in [-0.1, -0.05) is 6.92 Å². The summed E-state index contributed by atoms with van der Waals surface area (Å²) < 4.78 is 3.55. The van der Waals surface area contributed by atoms with E-state index in [2.05, 4.69) is 44.2 Å². The standard InChI is InChI=1S/C14H17N7O/c1-3-13-17-11-7-10(5-6-12(11)21(13)4-2)16-14(22)8-20-9-15-18-19-20/h5-7,9H,3-4,8H2,1-2H3,(H,16,22). The normalized spacial score (nSPS) is 11.0.